The predicted molar refractivity (Wildman–Crippen MR) is 79.0 cm³/mol. The fourth-order valence-corrected chi connectivity index (χ4v) is 3.08. The van der Waals surface area contributed by atoms with E-state index in [9.17, 15) is 0 Å². The van der Waals surface area contributed by atoms with E-state index < -0.39 is 0 Å². The lowest BCUT2D eigenvalue weighted by Gasteiger charge is -2.24. The van der Waals surface area contributed by atoms with Crippen molar-refractivity contribution in [2.75, 3.05) is 23.3 Å². The first kappa shape index (κ1) is 13.8. The lowest BCUT2D eigenvalue weighted by atomic mass is 10.1. The summed E-state index contributed by atoms with van der Waals surface area (Å²) in [5.74, 6) is 2.23. The summed E-state index contributed by atoms with van der Waals surface area (Å²) >= 11 is 12.4. The van der Waals surface area contributed by atoms with E-state index in [1.54, 1.807) is 6.07 Å². The molecule has 5 heteroatoms. The van der Waals surface area contributed by atoms with Crippen molar-refractivity contribution in [3.8, 4) is 0 Å². The van der Waals surface area contributed by atoms with Crippen LogP contribution in [0, 0.1) is 5.92 Å². The van der Waals surface area contributed by atoms with Gasteiger partial charge in [-0.05, 0) is 32.3 Å². The molecule has 0 aromatic carbocycles. The van der Waals surface area contributed by atoms with Crippen LogP contribution >= 0.6 is 23.2 Å². The fraction of sp³-hybridized carbons (Fsp3) is 0.615. The van der Waals surface area contributed by atoms with E-state index in [4.69, 9.17) is 23.2 Å². The lowest BCUT2D eigenvalue weighted by molar-refractivity contribution is 0.625. The van der Waals surface area contributed by atoms with Gasteiger partial charge in [0, 0.05) is 19.1 Å². The van der Waals surface area contributed by atoms with Gasteiger partial charge in [-0.15, -0.1) is 0 Å². The van der Waals surface area contributed by atoms with Crippen molar-refractivity contribution < 1.29 is 0 Å². The summed E-state index contributed by atoms with van der Waals surface area (Å²) in [6.07, 6.45) is 1.18. The maximum absolute atomic E-state index is 6.28. The normalized spacial score (nSPS) is 23.5. The maximum atomic E-state index is 6.28. The predicted octanol–water partition coefficient (Wildman–Crippen LogP) is 4.05. The van der Waals surface area contributed by atoms with Gasteiger partial charge in [0.15, 0.2) is 0 Å². The Bertz CT molecular complexity index is 436. The first-order valence-corrected chi connectivity index (χ1v) is 7.15. The summed E-state index contributed by atoms with van der Waals surface area (Å²) in [5, 5.41) is 4.37. The molecule has 1 aliphatic heterocycles. The fourth-order valence-electron chi connectivity index (χ4n) is 2.54. The third kappa shape index (κ3) is 2.67. The molecule has 1 N–H and O–H groups in total. The van der Waals surface area contributed by atoms with Gasteiger partial charge >= 0.3 is 0 Å². The Kier molecular flexibility index (Phi) is 4.23. The van der Waals surface area contributed by atoms with Gasteiger partial charge in [-0.3, -0.25) is 0 Å². The Hall–Kier alpha value is -0.670. The third-order valence-electron chi connectivity index (χ3n) is 3.31. The monoisotopic (exact) mass is 287 g/mol. The second kappa shape index (κ2) is 5.54. The summed E-state index contributed by atoms with van der Waals surface area (Å²) < 4.78 is 0. The molecule has 3 nitrogen and oxygen atoms in total. The number of nitrogens with zero attached hydrogens (tertiary/aromatic N) is 2. The minimum atomic E-state index is 0.473. The van der Waals surface area contributed by atoms with Crippen LogP contribution in [0.2, 0.25) is 10.0 Å². The van der Waals surface area contributed by atoms with Gasteiger partial charge in [0.1, 0.15) is 11.6 Å². The number of halogens is 2. The highest BCUT2D eigenvalue weighted by molar-refractivity contribution is 6.37. The maximum Gasteiger partial charge on any atom is 0.150 e. The topological polar surface area (TPSA) is 28.2 Å². The minimum absolute atomic E-state index is 0.473. The molecule has 0 bridgehead atoms. The largest absolute Gasteiger partial charge is 0.369 e. The molecule has 1 aromatic rings. The highest BCUT2D eigenvalue weighted by Crippen LogP contribution is 2.36. The molecule has 1 aromatic heterocycles. The molecule has 1 saturated heterocycles. The molecular formula is C13H19Cl2N3. The molecule has 0 spiro atoms. The van der Waals surface area contributed by atoms with Gasteiger partial charge in [-0.25, -0.2) is 4.98 Å². The van der Waals surface area contributed by atoms with Crippen LogP contribution in [0.4, 0.5) is 11.6 Å². The molecule has 1 aliphatic rings. The number of pyridine rings is 1. The summed E-state index contributed by atoms with van der Waals surface area (Å²) in [6.45, 7) is 8.28. The number of hydrogen-bond donors (Lipinski definition) is 1. The molecule has 1 fully saturated rings. The second-order valence-electron chi connectivity index (χ2n) is 5.00. The molecule has 0 aliphatic carbocycles. The van der Waals surface area contributed by atoms with Gasteiger partial charge < -0.3 is 10.2 Å². The SMILES string of the molecule is CCNc1nc(N2CC(C)CC2C)c(Cl)cc1Cl. The van der Waals surface area contributed by atoms with Crippen LogP contribution in [0.5, 0.6) is 0 Å². The van der Waals surface area contributed by atoms with Crippen molar-refractivity contribution >= 4 is 34.8 Å². The first-order valence-electron chi connectivity index (χ1n) is 6.39. The molecular weight excluding hydrogens is 269 g/mol. The Balaban J connectivity index is 2.35. The molecule has 0 radical (unpaired) electrons. The van der Waals surface area contributed by atoms with Gasteiger partial charge in [-0.1, -0.05) is 30.1 Å². The zero-order chi connectivity index (χ0) is 13.3. The van der Waals surface area contributed by atoms with Crippen LogP contribution < -0.4 is 10.2 Å². The van der Waals surface area contributed by atoms with Crippen LogP contribution in [0.15, 0.2) is 6.07 Å². The van der Waals surface area contributed by atoms with Crippen molar-refractivity contribution in [2.24, 2.45) is 5.92 Å². The van der Waals surface area contributed by atoms with Crippen molar-refractivity contribution in [1.29, 1.82) is 0 Å². The summed E-state index contributed by atoms with van der Waals surface area (Å²) in [4.78, 5) is 6.85. The van der Waals surface area contributed by atoms with E-state index in [1.165, 1.54) is 6.42 Å². The number of rotatable bonds is 3. The van der Waals surface area contributed by atoms with Crippen LogP contribution in [0.3, 0.4) is 0 Å². The highest BCUT2D eigenvalue weighted by Gasteiger charge is 2.29. The molecule has 18 heavy (non-hydrogen) atoms. The summed E-state index contributed by atoms with van der Waals surface area (Å²) in [7, 11) is 0. The molecule has 100 valence electrons. The van der Waals surface area contributed by atoms with E-state index in [0.29, 0.717) is 27.8 Å². The Morgan fingerprint density at radius 3 is 2.67 bits per heavy atom. The Morgan fingerprint density at radius 2 is 2.11 bits per heavy atom. The zero-order valence-electron chi connectivity index (χ0n) is 11.0. The van der Waals surface area contributed by atoms with E-state index in [1.807, 2.05) is 6.92 Å². The van der Waals surface area contributed by atoms with Gasteiger partial charge in [0.2, 0.25) is 0 Å². The van der Waals surface area contributed by atoms with Crippen LogP contribution in [0.25, 0.3) is 0 Å². The Morgan fingerprint density at radius 1 is 1.39 bits per heavy atom. The van der Waals surface area contributed by atoms with E-state index in [-0.39, 0.29) is 0 Å². The number of aromatic nitrogens is 1. The lowest BCUT2D eigenvalue weighted by Crippen LogP contribution is -2.28. The number of hydrogen-bond acceptors (Lipinski definition) is 3. The molecule has 0 saturated carbocycles. The molecule has 2 heterocycles. The average Bonchev–Trinajstić information content (AvgIpc) is 2.62. The van der Waals surface area contributed by atoms with Gasteiger partial charge in [0.05, 0.1) is 10.0 Å². The van der Waals surface area contributed by atoms with Crippen molar-refractivity contribution in [3.63, 3.8) is 0 Å². The smallest absolute Gasteiger partial charge is 0.150 e. The quantitative estimate of drug-likeness (QED) is 0.909. The first-order chi connectivity index (χ1) is 8.52. The van der Waals surface area contributed by atoms with Crippen molar-refractivity contribution in [2.45, 2.75) is 33.2 Å². The van der Waals surface area contributed by atoms with E-state index in [2.05, 4.69) is 29.0 Å². The summed E-state index contributed by atoms with van der Waals surface area (Å²) in [5.41, 5.74) is 0. The Labute approximate surface area is 118 Å². The van der Waals surface area contributed by atoms with Crippen LogP contribution in [-0.2, 0) is 0 Å². The highest BCUT2D eigenvalue weighted by atomic mass is 35.5. The zero-order valence-corrected chi connectivity index (χ0v) is 12.5. The molecule has 0 amide bonds. The van der Waals surface area contributed by atoms with Crippen molar-refractivity contribution in [1.82, 2.24) is 4.98 Å². The molecule has 2 atom stereocenters. The van der Waals surface area contributed by atoms with Gasteiger partial charge in [-0.2, -0.15) is 0 Å². The van der Waals surface area contributed by atoms with E-state index in [0.717, 1.165) is 18.9 Å². The number of nitrogens with one attached hydrogen (secondary N) is 1. The van der Waals surface area contributed by atoms with Crippen molar-refractivity contribution in [3.05, 3.63) is 16.1 Å². The third-order valence-corrected chi connectivity index (χ3v) is 3.88. The number of anilines is 2. The van der Waals surface area contributed by atoms with E-state index >= 15 is 0 Å². The minimum Gasteiger partial charge on any atom is -0.369 e. The molecule has 2 rings (SSSR count). The van der Waals surface area contributed by atoms with Gasteiger partial charge in [0.25, 0.3) is 0 Å². The van der Waals surface area contributed by atoms with Crippen LogP contribution in [0.1, 0.15) is 27.2 Å². The average molecular weight is 288 g/mol. The second-order valence-corrected chi connectivity index (χ2v) is 5.81. The summed E-state index contributed by atoms with van der Waals surface area (Å²) in [6, 6.07) is 2.25. The standard InChI is InChI=1S/C13H19Cl2N3/c1-4-16-12-10(14)6-11(15)13(17-12)18-7-8(2)5-9(18)3/h6,8-9H,4-5,7H2,1-3H3,(H,16,17). The van der Waals surface area contributed by atoms with Crippen LogP contribution in [-0.4, -0.2) is 24.1 Å². The molecule has 2 unspecified atom stereocenters.